The molecule has 4 heteroatoms. The van der Waals surface area contributed by atoms with Crippen LogP contribution in [0.15, 0.2) is 47.2 Å². The van der Waals surface area contributed by atoms with Gasteiger partial charge in [0.15, 0.2) is 0 Å². The second-order valence-electron chi connectivity index (χ2n) is 4.40. The second kappa shape index (κ2) is 5.69. The van der Waals surface area contributed by atoms with E-state index in [1.54, 1.807) is 0 Å². The third-order valence-electron chi connectivity index (χ3n) is 3.19. The molecule has 2 rings (SSSR count). The van der Waals surface area contributed by atoms with Crippen molar-refractivity contribution < 1.29 is 4.79 Å². The van der Waals surface area contributed by atoms with Crippen LogP contribution in [-0.4, -0.2) is 29.6 Å². The highest BCUT2D eigenvalue weighted by molar-refractivity contribution is 6.29. The molecular weight excluding hydrogens is 238 g/mol. The molecule has 1 aliphatic rings. The van der Waals surface area contributed by atoms with Crippen molar-refractivity contribution in [2.24, 2.45) is 5.10 Å². The van der Waals surface area contributed by atoms with Gasteiger partial charge in [-0.15, -0.1) is 0 Å². The molecule has 0 fully saturated rings. The number of anilines is 1. The van der Waals surface area contributed by atoms with Crippen molar-refractivity contribution in [1.29, 1.82) is 0 Å². The van der Waals surface area contributed by atoms with E-state index in [4.69, 9.17) is 0 Å². The number of amides is 1. The molecule has 1 amide bonds. The largest absolute Gasteiger partial charge is 0.377 e. The van der Waals surface area contributed by atoms with Crippen LogP contribution in [0.1, 0.15) is 20.8 Å². The molecule has 0 aliphatic carbocycles. The predicted octanol–water partition coefficient (Wildman–Crippen LogP) is 2.63. The van der Waals surface area contributed by atoms with E-state index >= 15 is 0 Å². The number of hydrogen-bond donors (Lipinski definition) is 0. The first-order chi connectivity index (χ1) is 9.17. The highest BCUT2D eigenvalue weighted by Gasteiger charge is 2.28. The molecule has 0 radical (unpaired) electrons. The highest BCUT2D eigenvalue weighted by Crippen LogP contribution is 2.23. The summed E-state index contributed by atoms with van der Waals surface area (Å²) in [5.41, 5.74) is 2.24. The Morgan fingerprint density at radius 1 is 1.21 bits per heavy atom. The number of hydrazone groups is 1. The van der Waals surface area contributed by atoms with E-state index in [1.165, 1.54) is 5.01 Å². The van der Waals surface area contributed by atoms with Crippen LogP contribution in [0.5, 0.6) is 0 Å². The van der Waals surface area contributed by atoms with Crippen LogP contribution in [0, 0.1) is 0 Å². The van der Waals surface area contributed by atoms with Crippen LogP contribution in [-0.2, 0) is 4.79 Å². The van der Waals surface area contributed by atoms with E-state index in [0.29, 0.717) is 5.57 Å². The SMILES string of the molecule is CCN(/C=C1/C(=O)N(c2ccccc2)N=C1C)CC. The third kappa shape index (κ3) is 2.67. The van der Waals surface area contributed by atoms with E-state index in [-0.39, 0.29) is 5.91 Å². The minimum absolute atomic E-state index is 0.0596. The van der Waals surface area contributed by atoms with Gasteiger partial charge in [0.25, 0.3) is 5.91 Å². The van der Waals surface area contributed by atoms with Crippen molar-refractivity contribution in [3.63, 3.8) is 0 Å². The zero-order valence-electron chi connectivity index (χ0n) is 11.6. The quantitative estimate of drug-likeness (QED) is 0.777. The molecule has 0 atom stereocenters. The molecule has 0 saturated carbocycles. The number of hydrogen-bond acceptors (Lipinski definition) is 3. The number of carbonyl (C=O) groups is 1. The van der Waals surface area contributed by atoms with Gasteiger partial charge in [-0.25, -0.2) is 0 Å². The fourth-order valence-electron chi connectivity index (χ4n) is 2.00. The molecule has 0 N–H and O–H groups in total. The van der Waals surface area contributed by atoms with E-state index in [2.05, 4.69) is 23.8 Å². The third-order valence-corrected chi connectivity index (χ3v) is 3.19. The summed E-state index contributed by atoms with van der Waals surface area (Å²) in [5, 5.41) is 5.81. The first kappa shape index (κ1) is 13.3. The van der Waals surface area contributed by atoms with Crippen molar-refractivity contribution in [2.45, 2.75) is 20.8 Å². The van der Waals surface area contributed by atoms with Crippen LogP contribution >= 0.6 is 0 Å². The Kier molecular flexibility index (Phi) is 4.00. The first-order valence-electron chi connectivity index (χ1n) is 6.58. The Bertz CT molecular complexity index is 515. The molecule has 100 valence electrons. The fourth-order valence-corrected chi connectivity index (χ4v) is 2.00. The molecule has 0 aromatic heterocycles. The average Bonchev–Trinajstić information content (AvgIpc) is 2.73. The van der Waals surface area contributed by atoms with Gasteiger partial charge in [0.1, 0.15) is 0 Å². The van der Waals surface area contributed by atoms with Crippen LogP contribution in [0.25, 0.3) is 0 Å². The van der Waals surface area contributed by atoms with Crippen LogP contribution in [0.2, 0.25) is 0 Å². The lowest BCUT2D eigenvalue weighted by atomic mass is 10.2. The van der Waals surface area contributed by atoms with Crippen LogP contribution < -0.4 is 5.01 Å². The van der Waals surface area contributed by atoms with Gasteiger partial charge in [0.2, 0.25) is 0 Å². The van der Waals surface area contributed by atoms with Gasteiger partial charge in [-0.05, 0) is 32.9 Å². The molecule has 4 nitrogen and oxygen atoms in total. The van der Waals surface area contributed by atoms with Crippen molar-refractivity contribution in [3.05, 3.63) is 42.1 Å². The van der Waals surface area contributed by atoms with E-state index in [1.807, 2.05) is 43.5 Å². The second-order valence-corrected chi connectivity index (χ2v) is 4.40. The van der Waals surface area contributed by atoms with Gasteiger partial charge in [-0.2, -0.15) is 10.1 Å². The summed E-state index contributed by atoms with van der Waals surface area (Å²) in [6.45, 7) is 7.77. The molecule has 1 aromatic rings. The summed E-state index contributed by atoms with van der Waals surface area (Å²) in [4.78, 5) is 14.5. The number of para-hydroxylation sites is 1. The maximum absolute atomic E-state index is 12.4. The molecule has 1 aromatic carbocycles. The lowest BCUT2D eigenvalue weighted by molar-refractivity contribution is -0.114. The Morgan fingerprint density at radius 2 is 1.84 bits per heavy atom. The fraction of sp³-hybridized carbons (Fsp3) is 0.333. The maximum Gasteiger partial charge on any atom is 0.282 e. The molecule has 0 unspecified atom stereocenters. The number of carbonyl (C=O) groups excluding carboxylic acids is 1. The summed E-state index contributed by atoms with van der Waals surface area (Å²) >= 11 is 0. The molecule has 1 aliphatic heterocycles. The summed E-state index contributed by atoms with van der Waals surface area (Å²) in [7, 11) is 0. The molecule has 1 heterocycles. The summed E-state index contributed by atoms with van der Waals surface area (Å²) in [6, 6.07) is 9.50. The normalized spacial score (nSPS) is 17.0. The van der Waals surface area contributed by atoms with Gasteiger partial charge < -0.3 is 4.90 Å². The number of benzene rings is 1. The standard InChI is InChI=1S/C15H19N3O/c1-4-17(5-2)11-14-12(3)16-18(15(14)19)13-9-7-6-8-10-13/h6-11H,4-5H2,1-3H3/b14-11+. The zero-order chi connectivity index (χ0) is 13.8. The van der Waals surface area contributed by atoms with Gasteiger partial charge in [-0.1, -0.05) is 18.2 Å². The van der Waals surface area contributed by atoms with Crippen LogP contribution in [0.3, 0.4) is 0 Å². The maximum atomic E-state index is 12.4. The Balaban J connectivity index is 2.29. The van der Waals surface area contributed by atoms with Crippen molar-refractivity contribution in [3.8, 4) is 0 Å². The zero-order valence-corrected chi connectivity index (χ0v) is 11.6. The van der Waals surface area contributed by atoms with Gasteiger partial charge in [0, 0.05) is 19.3 Å². The predicted molar refractivity (Wildman–Crippen MR) is 78.0 cm³/mol. The molecule has 0 bridgehead atoms. The van der Waals surface area contributed by atoms with Crippen molar-refractivity contribution in [1.82, 2.24) is 4.90 Å². The summed E-state index contributed by atoms with van der Waals surface area (Å²) in [5.74, 6) is -0.0596. The lowest BCUT2D eigenvalue weighted by Crippen LogP contribution is -2.24. The summed E-state index contributed by atoms with van der Waals surface area (Å²) < 4.78 is 0. The van der Waals surface area contributed by atoms with Gasteiger partial charge >= 0.3 is 0 Å². The monoisotopic (exact) mass is 257 g/mol. The Hall–Kier alpha value is -2.10. The molecule has 0 spiro atoms. The molecule has 19 heavy (non-hydrogen) atoms. The first-order valence-corrected chi connectivity index (χ1v) is 6.58. The minimum atomic E-state index is -0.0596. The van der Waals surface area contributed by atoms with Crippen LogP contribution in [0.4, 0.5) is 5.69 Å². The van der Waals surface area contributed by atoms with Crippen molar-refractivity contribution >= 4 is 17.3 Å². The Labute approximate surface area is 114 Å². The molecule has 0 saturated heterocycles. The topological polar surface area (TPSA) is 35.9 Å². The van der Waals surface area contributed by atoms with E-state index < -0.39 is 0 Å². The molecular formula is C15H19N3O. The van der Waals surface area contributed by atoms with Gasteiger partial charge in [0.05, 0.1) is 17.0 Å². The van der Waals surface area contributed by atoms with Gasteiger partial charge in [-0.3, -0.25) is 4.79 Å². The summed E-state index contributed by atoms with van der Waals surface area (Å²) in [6.07, 6.45) is 1.91. The average molecular weight is 257 g/mol. The lowest BCUT2D eigenvalue weighted by Gasteiger charge is -2.16. The highest BCUT2D eigenvalue weighted by atomic mass is 16.2. The smallest absolute Gasteiger partial charge is 0.282 e. The van der Waals surface area contributed by atoms with Crippen molar-refractivity contribution in [2.75, 3.05) is 18.1 Å². The number of nitrogens with zero attached hydrogens (tertiary/aromatic N) is 3. The van der Waals surface area contributed by atoms with E-state index in [0.717, 1.165) is 24.5 Å². The number of rotatable bonds is 4. The Morgan fingerprint density at radius 3 is 2.42 bits per heavy atom. The minimum Gasteiger partial charge on any atom is -0.377 e. The van der Waals surface area contributed by atoms with E-state index in [9.17, 15) is 4.79 Å².